The molecule has 0 bridgehead atoms. The van der Waals surface area contributed by atoms with Gasteiger partial charge in [-0.3, -0.25) is 9.59 Å². The molecule has 1 amide bonds. The number of aromatic nitrogens is 1. The molecule has 1 N–H and O–H groups in total. The zero-order chi connectivity index (χ0) is 12.1. The Morgan fingerprint density at radius 1 is 1.69 bits per heavy atom. The van der Waals surface area contributed by atoms with Crippen molar-refractivity contribution in [3.05, 3.63) is 17.5 Å². The third-order valence-corrected chi connectivity index (χ3v) is 2.45. The minimum atomic E-state index is -0.578. The number of hydrogen-bond acceptors (Lipinski definition) is 5. The van der Waals surface area contributed by atoms with Crippen molar-refractivity contribution >= 4 is 27.8 Å². The summed E-state index contributed by atoms with van der Waals surface area (Å²) < 4.78 is 9.23. The lowest BCUT2D eigenvalue weighted by atomic mass is 10.3. The summed E-state index contributed by atoms with van der Waals surface area (Å²) in [6, 6.07) is 1.51. The molecule has 0 fully saturated rings. The lowest BCUT2D eigenvalue weighted by molar-refractivity contribution is -0.139. The van der Waals surface area contributed by atoms with Gasteiger partial charge in [0.25, 0.3) is 5.91 Å². The summed E-state index contributed by atoms with van der Waals surface area (Å²) in [6.45, 7) is 1.83. The molecule has 1 unspecified atom stereocenters. The number of carbonyl (C=O) groups excluding carboxylic acids is 2. The fraction of sp³-hybridized carbons (Fsp3) is 0.444. The van der Waals surface area contributed by atoms with E-state index in [9.17, 15) is 9.59 Å². The van der Waals surface area contributed by atoms with Crippen LogP contribution in [0.3, 0.4) is 0 Å². The highest BCUT2D eigenvalue weighted by atomic mass is 79.9. The van der Waals surface area contributed by atoms with Gasteiger partial charge in [0.2, 0.25) is 5.76 Å². The highest BCUT2D eigenvalue weighted by molar-refractivity contribution is 9.10. The largest absolute Gasteiger partial charge is 0.468 e. The van der Waals surface area contributed by atoms with Crippen molar-refractivity contribution in [1.29, 1.82) is 0 Å². The van der Waals surface area contributed by atoms with Crippen LogP contribution in [0.1, 0.15) is 16.2 Å². The van der Waals surface area contributed by atoms with Gasteiger partial charge in [0.05, 0.1) is 12.8 Å². The van der Waals surface area contributed by atoms with Crippen molar-refractivity contribution in [2.45, 2.75) is 11.8 Å². The van der Waals surface area contributed by atoms with E-state index in [-0.39, 0.29) is 12.3 Å². The number of nitrogens with one attached hydrogen (secondary N) is 1. The number of esters is 1. The van der Waals surface area contributed by atoms with Gasteiger partial charge in [-0.05, 0) is 6.92 Å². The molecular weight excluding hydrogens is 280 g/mol. The van der Waals surface area contributed by atoms with Crippen LogP contribution in [-0.4, -0.2) is 35.5 Å². The van der Waals surface area contributed by atoms with E-state index >= 15 is 0 Å². The Morgan fingerprint density at radius 2 is 2.38 bits per heavy atom. The molecule has 0 radical (unpaired) electrons. The standard InChI is InChI=1S/C9H11BrN2O4/c1-5-3-7(16-12-5)8(13)11-4-6(10)9(14)15-2/h3,6H,4H2,1-2H3,(H,11,13). The summed E-state index contributed by atoms with van der Waals surface area (Å²) >= 11 is 3.07. The normalized spacial score (nSPS) is 11.9. The summed E-state index contributed by atoms with van der Waals surface area (Å²) in [6.07, 6.45) is 0. The number of methoxy groups -OCH3 is 1. The van der Waals surface area contributed by atoms with Crippen LogP contribution in [0.15, 0.2) is 10.6 Å². The first-order valence-corrected chi connectivity index (χ1v) is 5.39. The van der Waals surface area contributed by atoms with E-state index in [0.29, 0.717) is 5.69 Å². The van der Waals surface area contributed by atoms with E-state index in [0.717, 1.165) is 0 Å². The minimum Gasteiger partial charge on any atom is -0.468 e. The van der Waals surface area contributed by atoms with Crippen molar-refractivity contribution in [2.75, 3.05) is 13.7 Å². The molecule has 1 rings (SSSR count). The quantitative estimate of drug-likeness (QED) is 0.650. The van der Waals surface area contributed by atoms with Gasteiger partial charge < -0.3 is 14.6 Å². The molecule has 0 saturated heterocycles. The lowest BCUT2D eigenvalue weighted by Crippen LogP contribution is -2.33. The van der Waals surface area contributed by atoms with E-state index in [1.54, 1.807) is 6.92 Å². The number of hydrogen-bond donors (Lipinski definition) is 1. The van der Waals surface area contributed by atoms with Crippen molar-refractivity contribution in [3.63, 3.8) is 0 Å². The molecule has 16 heavy (non-hydrogen) atoms. The van der Waals surface area contributed by atoms with Crippen molar-refractivity contribution in [2.24, 2.45) is 0 Å². The fourth-order valence-electron chi connectivity index (χ4n) is 0.951. The average molecular weight is 291 g/mol. The summed E-state index contributed by atoms with van der Waals surface area (Å²) in [7, 11) is 1.28. The van der Waals surface area contributed by atoms with E-state index < -0.39 is 16.7 Å². The summed E-state index contributed by atoms with van der Waals surface area (Å²) in [5.74, 6) is -0.759. The first kappa shape index (κ1) is 12.7. The van der Waals surface area contributed by atoms with Crippen LogP contribution in [0.25, 0.3) is 0 Å². The number of amides is 1. The van der Waals surface area contributed by atoms with Crippen LogP contribution < -0.4 is 5.32 Å². The number of halogens is 1. The molecule has 6 nitrogen and oxygen atoms in total. The zero-order valence-corrected chi connectivity index (χ0v) is 10.4. The van der Waals surface area contributed by atoms with Crippen LogP contribution in [0.4, 0.5) is 0 Å². The maximum atomic E-state index is 11.5. The first-order chi connectivity index (χ1) is 7.54. The highest BCUT2D eigenvalue weighted by Gasteiger charge is 2.18. The van der Waals surface area contributed by atoms with E-state index in [4.69, 9.17) is 4.52 Å². The second-order valence-electron chi connectivity index (χ2n) is 3.03. The van der Waals surface area contributed by atoms with E-state index in [1.807, 2.05) is 0 Å². The Morgan fingerprint density at radius 3 is 2.88 bits per heavy atom. The van der Waals surface area contributed by atoms with Crippen LogP contribution in [0, 0.1) is 6.92 Å². The van der Waals surface area contributed by atoms with Crippen LogP contribution in [0.5, 0.6) is 0 Å². The second-order valence-corrected chi connectivity index (χ2v) is 4.14. The molecule has 0 spiro atoms. The minimum absolute atomic E-state index is 0.113. The Labute approximate surface area is 100 Å². The first-order valence-electron chi connectivity index (χ1n) is 4.48. The maximum Gasteiger partial charge on any atom is 0.321 e. The topological polar surface area (TPSA) is 81.4 Å². The monoisotopic (exact) mass is 290 g/mol. The van der Waals surface area contributed by atoms with Gasteiger partial charge in [-0.15, -0.1) is 0 Å². The Balaban J connectivity index is 2.44. The molecule has 0 aliphatic rings. The average Bonchev–Trinajstić information content (AvgIpc) is 2.71. The van der Waals surface area contributed by atoms with Gasteiger partial charge in [-0.2, -0.15) is 0 Å². The Bertz CT molecular complexity index is 391. The molecule has 0 aliphatic carbocycles. The van der Waals surface area contributed by atoms with Crippen LogP contribution in [-0.2, 0) is 9.53 Å². The smallest absolute Gasteiger partial charge is 0.321 e. The third-order valence-electron chi connectivity index (χ3n) is 1.75. The summed E-state index contributed by atoms with van der Waals surface area (Å²) in [5, 5.41) is 6.08. The Kier molecular flexibility index (Phi) is 4.48. The molecule has 0 aromatic carbocycles. The molecule has 1 atom stereocenters. The summed E-state index contributed by atoms with van der Waals surface area (Å²) in [5.41, 5.74) is 0.619. The molecule has 0 saturated carbocycles. The number of rotatable bonds is 4. The third kappa shape index (κ3) is 3.34. The predicted molar refractivity (Wildman–Crippen MR) is 58.3 cm³/mol. The number of carbonyl (C=O) groups is 2. The Hall–Kier alpha value is -1.37. The van der Waals surface area contributed by atoms with Crippen LogP contribution >= 0.6 is 15.9 Å². The number of alkyl halides is 1. The molecule has 1 aromatic rings. The van der Waals surface area contributed by atoms with E-state index in [1.165, 1.54) is 13.2 Å². The SMILES string of the molecule is COC(=O)C(Br)CNC(=O)c1cc(C)no1. The lowest BCUT2D eigenvalue weighted by Gasteiger charge is -2.07. The maximum absolute atomic E-state index is 11.5. The van der Waals surface area contributed by atoms with Crippen molar-refractivity contribution in [1.82, 2.24) is 10.5 Å². The number of aryl methyl sites for hydroxylation is 1. The molecule has 1 aromatic heterocycles. The number of nitrogens with zero attached hydrogens (tertiary/aromatic N) is 1. The van der Waals surface area contributed by atoms with Gasteiger partial charge in [0.1, 0.15) is 4.83 Å². The molecule has 88 valence electrons. The molecular formula is C9H11BrN2O4. The number of ether oxygens (including phenoxy) is 1. The van der Waals surface area contributed by atoms with Crippen molar-refractivity contribution in [3.8, 4) is 0 Å². The van der Waals surface area contributed by atoms with Gasteiger partial charge in [0.15, 0.2) is 0 Å². The zero-order valence-electron chi connectivity index (χ0n) is 8.82. The van der Waals surface area contributed by atoms with Gasteiger partial charge >= 0.3 is 5.97 Å². The van der Waals surface area contributed by atoms with Gasteiger partial charge in [-0.25, -0.2) is 0 Å². The molecule has 1 heterocycles. The molecule has 7 heteroatoms. The predicted octanol–water partition coefficient (Wildman–Crippen LogP) is 0.649. The van der Waals surface area contributed by atoms with Crippen LogP contribution in [0.2, 0.25) is 0 Å². The van der Waals surface area contributed by atoms with Gasteiger partial charge in [-0.1, -0.05) is 21.1 Å². The molecule has 0 aliphatic heterocycles. The highest BCUT2D eigenvalue weighted by Crippen LogP contribution is 2.03. The van der Waals surface area contributed by atoms with Gasteiger partial charge in [0, 0.05) is 12.6 Å². The van der Waals surface area contributed by atoms with E-state index in [2.05, 4.69) is 31.1 Å². The van der Waals surface area contributed by atoms with Crippen molar-refractivity contribution < 1.29 is 18.8 Å². The fourth-order valence-corrected chi connectivity index (χ4v) is 1.30. The summed E-state index contributed by atoms with van der Waals surface area (Å²) in [4.78, 5) is 21.9. The second kappa shape index (κ2) is 5.64.